The summed E-state index contributed by atoms with van der Waals surface area (Å²) in [5.41, 5.74) is 4.11. The van der Waals surface area contributed by atoms with Crippen LogP contribution in [0.15, 0.2) is 78.2 Å². The molecule has 4 aromatic rings. The standard InChI is InChI=1S/C25H25N5O2S/c1-18-6-5-8-21(16-18)32-15-14-27-23(31)17-33-25-29-28-24(20-10-12-26-13-11-20)30(25)22-9-4-3-7-19(22)2/h3-13,16H,14-15,17H2,1-2H3,(H,27,31). The van der Waals surface area contributed by atoms with Gasteiger partial charge in [0.15, 0.2) is 11.0 Å². The van der Waals surface area contributed by atoms with Gasteiger partial charge in [0.25, 0.3) is 0 Å². The lowest BCUT2D eigenvalue weighted by atomic mass is 10.2. The molecule has 2 aromatic carbocycles. The topological polar surface area (TPSA) is 81.9 Å². The lowest BCUT2D eigenvalue weighted by molar-refractivity contribution is -0.118. The van der Waals surface area contributed by atoms with Gasteiger partial charge >= 0.3 is 0 Å². The molecule has 168 valence electrons. The maximum absolute atomic E-state index is 12.4. The molecule has 0 spiro atoms. The lowest BCUT2D eigenvalue weighted by Crippen LogP contribution is -2.29. The minimum atomic E-state index is -0.0855. The number of aryl methyl sites for hydroxylation is 2. The van der Waals surface area contributed by atoms with Crippen LogP contribution in [0.25, 0.3) is 17.1 Å². The van der Waals surface area contributed by atoms with Gasteiger partial charge in [-0.25, -0.2) is 0 Å². The molecule has 4 rings (SSSR count). The third kappa shape index (κ3) is 5.78. The van der Waals surface area contributed by atoms with Crippen molar-refractivity contribution in [3.05, 3.63) is 84.2 Å². The van der Waals surface area contributed by atoms with E-state index >= 15 is 0 Å². The van der Waals surface area contributed by atoms with Crippen LogP contribution < -0.4 is 10.1 Å². The van der Waals surface area contributed by atoms with E-state index in [4.69, 9.17) is 4.74 Å². The number of carbonyl (C=O) groups is 1. The van der Waals surface area contributed by atoms with Crippen molar-refractivity contribution < 1.29 is 9.53 Å². The van der Waals surface area contributed by atoms with Crippen LogP contribution in [0.3, 0.4) is 0 Å². The van der Waals surface area contributed by atoms with E-state index in [-0.39, 0.29) is 11.7 Å². The summed E-state index contributed by atoms with van der Waals surface area (Å²) in [7, 11) is 0. The minimum absolute atomic E-state index is 0.0855. The zero-order valence-corrected chi connectivity index (χ0v) is 19.4. The number of nitrogens with zero attached hydrogens (tertiary/aromatic N) is 4. The summed E-state index contributed by atoms with van der Waals surface area (Å²) < 4.78 is 7.68. The normalized spacial score (nSPS) is 10.7. The van der Waals surface area contributed by atoms with Crippen LogP contribution in [-0.4, -0.2) is 44.6 Å². The first-order valence-electron chi connectivity index (χ1n) is 10.6. The monoisotopic (exact) mass is 459 g/mol. The summed E-state index contributed by atoms with van der Waals surface area (Å²) in [6, 6.07) is 19.7. The summed E-state index contributed by atoms with van der Waals surface area (Å²) in [6.07, 6.45) is 3.45. The SMILES string of the molecule is Cc1cccc(OCCNC(=O)CSc2nnc(-c3ccncc3)n2-c2ccccc2C)c1. The molecule has 2 heterocycles. The molecule has 0 aliphatic heterocycles. The highest BCUT2D eigenvalue weighted by Gasteiger charge is 2.18. The number of hydrogen-bond donors (Lipinski definition) is 1. The second-order valence-electron chi connectivity index (χ2n) is 7.47. The average molecular weight is 460 g/mol. The molecular weight excluding hydrogens is 434 g/mol. The van der Waals surface area contributed by atoms with E-state index < -0.39 is 0 Å². The van der Waals surface area contributed by atoms with Gasteiger partial charge < -0.3 is 10.1 Å². The summed E-state index contributed by atoms with van der Waals surface area (Å²) in [5, 5.41) is 12.3. The molecule has 0 saturated carbocycles. The van der Waals surface area contributed by atoms with Crippen molar-refractivity contribution in [2.45, 2.75) is 19.0 Å². The highest BCUT2D eigenvalue weighted by atomic mass is 32.2. The first kappa shape index (κ1) is 22.5. The summed E-state index contributed by atoms with van der Waals surface area (Å²) in [6.45, 7) is 4.90. The Bertz CT molecular complexity index is 1230. The predicted octanol–water partition coefficient (Wildman–Crippen LogP) is 4.23. The van der Waals surface area contributed by atoms with Gasteiger partial charge in [-0.1, -0.05) is 42.1 Å². The Kier molecular flexibility index (Phi) is 7.36. The van der Waals surface area contributed by atoms with Crippen LogP contribution in [0, 0.1) is 13.8 Å². The van der Waals surface area contributed by atoms with Crippen LogP contribution in [-0.2, 0) is 4.79 Å². The maximum atomic E-state index is 12.4. The van der Waals surface area contributed by atoms with Gasteiger partial charge in [-0.05, 0) is 55.3 Å². The Morgan fingerprint density at radius 2 is 1.85 bits per heavy atom. The molecule has 0 bridgehead atoms. The molecule has 7 nitrogen and oxygen atoms in total. The first-order valence-corrected chi connectivity index (χ1v) is 11.6. The largest absolute Gasteiger partial charge is 0.492 e. The molecule has 0 unspecified atom stereocenters. The molecule has 8 heteroatoms. The molecule has 1 amide bonds. The highest BCUT2D eigenvalue weighted by Crippen LogP contribution is 2.29. The Morgan fingerprint density at radius 3 is 2.64 bits per heavy atom. The van der Waals surface area contributed by atoms with Crippen molar-refractivity contribution in [2.24, 2.45) is 0 Å². The number of thioether (sulfide) groups is 1. The van der Waals surface area contributed by atoms with E-state index in [9.17, 15) is 4.79 Å². The van der Waals surface area contributed by atoms with Crippen LogP contribution in [0.2, 0.25) is 0 Å². The van der Waals surface area contributed by atoms with Crippen LogP contribution in [0.5, 0.6) is 5.75 Å². The Morgan fingerprint density at radius 1 is 1.03 bits per heavy atom. The molecule has 1 N–H and O–H groups in total. The van der Waals surface area contributed by atoms with E-state index in [1.165, 1.54) is 11.8 Å². The van der Waals surface area contributed by atoms with Gasteiger partial charge in [0.05, 0.1) is 18.0 Å². The molecule has 33 heavy (non-hydrogen) atoms. The zero-order chi connectivity index (χ0) is 23.0. The van der Waals surface area contributed by atoms with Crippen molar-refractivity contribution in [3.63, 3.8) is 0 Å². The average Bonchev–Trinajstić information content (AvgIpc) is 3.25. The molecule has 0 aliphatic rings. The molecule has 0 atom stereocenters. The number of para-hydroxylation sites is 1. The fraction of sp³-hybridized carbons (Fsp3) is 0.200. The zero-order valence-electron chi connectivity index (χ0n) is 18.6. The van der Waals surface area contributed by atoms with Crippen molar-refractivity contribution >= 4 is 17.7 Å². The van der Waals surface area contributed by atoms with Crippen LogP contribution >= 0.6 is 11.8 Å². The second kappa shape index (κ2) is 10.8. The molecular formula is C25H25N5O2S. The van der Waals surface area contributed by atoms with E-state index in [1.54, 1.807) is 12.4 Å². The van der Waals surface area contributed by atoms with E-state index in [0.717, 1.165) is 28.1 Å². The molecule has 0 aliphatic carbocycles. The Labute approximate surface area is 197 Å². The fourth-order valence-corrected chi connectivity index (χ4v) is 4.10. The third-order valence-corrected chi connectivity index (χ3v) is 5.87. The summed E-state index contributed by atoms with van der Waals surface area (Å²) in [4.78, 5) is 16.5. The van der Waals surface area contributed by atoms with E-state index in [1.807, 2.05) is 79.1 Å². The van der Waals surface area contributed by atoms with E-state index in [0.29, 0.717) is 24.1 Å². The fourth-order valence-electron chi connectivity index (χ4n) is 3.33. The van der Waals surface area contributed by atoms with Crippen molar-refractivity contribution in [1.29, 1.82) is 0 Å². The predicted molar refractivity (Wildman–Crippen MR) is 130 cm³/mol. The Hall–Kier alpha value is -3.65. The number of nitrogens with one attached hydrogen (secondary N) is 1. The van der Waals surface area contributed by atoms with Gasteiger partial charge in [-0.15, -0.1) is 10.2 Å². The van der Waals surface area contributed by atoms with Gasteiger partial charge in [0.1, 0.15) is 12.4 Å². The van der Waals surface area contributed by atoms with Gasteiger partial charge in [-0.3, -0.25) is 14.3 Å². The molecule has 0 fully saturated rings. The number of carbonyl (C=O) groups excluding carboxylic acids is 1. The Balaban J connectivity index is 1.41. The second-order valence-corrected chi connectivity index (χ2v) is 8.41. The number of rotatable bonds is 9. The number of pyridine rings is 1. The number of amides is 1. The number of ether oxygens (including phenoxy) is 1. The highest BCUT2D eigenvalue weighted by molar-refractivity contribution is 7.99. The van der Waals surface area contributed by atoms with Gasteiger partial charge in [0, 0.05) is 18.0 Å². The van der Waals surface area contributed by atoms with Crippen molar-refractivity contribution in [3.8, 4) is 22.8 Å². The van der Waals surface area contributed by atoms with Gasteiger partial charge in [-0.2, -0.15) is 0 Å². The molecule has 2 aromatic heterocycles. The number of aromatic nitrogens is 4. The number of benzene rings is 2. The first-order chi connectivity index (χ1) is 16.1. The summed E-state index contributed by atoms with van der Waals surface area (Å²) in [5.74, 6) is 1.65. The van der Waals surface area contributed by atoms with Crippen LogP contribution in [0.4, 0.5) is 0 Å². The minimum Gasteiger partial charge on any atom is -0.492 e. The van der Waals surface area contributed by atoms with Crippen molar-refractivity contribution in [2.75, 3.05) is 18.9 Å². The molecule has 0 saturated heterocycles. The van der Waals surface area contributed by atoms with E-state index in [2.05, 4.69) is 20.5 Å². The molecule has 0 radical (unpaired) electrons. The van der Waals surface area contributed by atoms with Gasteiger partial charge in [0.2, 0.25) is 5.91 Å². The third-order valence-electron chi connectivity index (χ3n) is 4.94. The number of hydrogen-bond acceptors (Lipinski definition) is 6. The lowest BCUT2D eigenvalue weighted by Gasteiger charge is -2.13. The van der Waals surface area contributed by atoms with Crippen LogP contribution in [0.1, 0.15) is 11.1 Å². The van der Waals surface area contributed by atoms with Crippen molar-refractivity contribution in [1.82, 2.24) is 25.1 Å². The summed E-state index contributed by atoms with van der Waals surface area (Å²) >= 11 is 1.35. The quantitative estimate of drug-likeness (QED) is 0.298. The maximum Gasteiger partial charge on any atom is 0.230 e. The smallest absolute Gasteiger partial charge is 0.230 e.